The normalized spacial score (nSPS) is 13.3. The summed E-state index contributed by atoms with van der Waals surface area (Å²) < 4.78 is 8.58. The van der Waals surface area contributed by atoms with Crippen LogP contribution >= 0.6 is 11.6 Å². The van der Waals surface area contributed by atoms with Gasteiger partial charge in [0.05, 0.1) is 27.2 Å². The molecule has 0 saturated carbocycles. The van der Waals surface area contributed by atoms with Crippen molar-refractivity contribution in [3.63, 3.8) is 0 Å². The summed E-state index contributed by atoms with van der Waals surface area (Å²) in [6.45, 7) is 1.67. The first-order chi connectivity index (χ1) is 10.9. The van der Waals surface area contributed by atoms with E-state index in [1.807, 2.05) is 0 Å². The van der Waals surface area contributed by atoms with E-state index in [1.54, 1.807) is 19.1 Å². The summed E-state index contributed by atoms with van der Waals surface area (Å²) in [5.74, 6) is -0.487. The second-order valence-corrected chi connectivity index (χ2v) is 5.49. The van der Waals surface area contributed by atoms with Gasteiger partial charge in [-0.3, -0.25) is 9.44 Å². The van der Waals surface area contributed by atoms with Gasteiger partial charge in [0, 0.05) is 17.5 Å². The molecule has 1 aromatic rings. The zero-order chi connectivity index (χ0) is 17.5. The number of unbranched alkanes of at least 4 members (excludes halogenated alkanes) is 1. The van der Waals surface area contributed by atoms with E-state index in [4.69, 9.17) is 16.3 Å². The average Bonchev–Trinajstić information content (AvgIpc) is 2.57. The maximum atomic E-state index is 13.0. The van der Waals surface area contributed by atoms with Crippen molar-refractivity contribution in [2.75, 3.05) is 20.8 Å². The SMILES string of the molecule is CC[N+]([O-])(C(=O)CCCCC(=O)OC)c1cc(Cl)ccc1OC. The summed E-state index contributed by atoms with van der Waals surface area (Å²) in [4.78, 5) is 23.5. The molecule has 0 aliphatic rings. The molecule has 0 heterocycles. The molecule has 1 unspecified atom stereocenters. The number of ether oxygens (including phenoxy) is 2. The Bertz CT molecular complexity index is 563. The Hall–Kier alpha value is -1.63. The Morgan fingerprint density at radius 1 is 1.22 bits per heavy atom. The minimum absolute atomic E-state index is 0.0343. The quantitative estimate of drug-likeness (QED) is 0.313. The van der Waals surface area contributed by atoms with Gasteiger partial charge in [0.15, 0.2) is 11.4 Å². The summed E-state index contributed by atoms with van der Waals surface area (Å²) in [5.41, 5.74) is 0.195. The van der Waals surface area contributed by atoms with E-state index in [0.29, 0.717) is 23.6 Å². The van der Waals surface area contributed by atoms with Crippen LogP contribution in [-0.4, -0.2) is 32.6 Å². The number of quaternary nitrogens is 1. The minimum atomic E-state index is -1.14. The smallest absolute Gasteiger partial charge is 0.318 e. The lowest BCUT2D eigenvalue weighted by Crippen LogP contribution is -2.48. The number of hydrogen-bond acceptors (Lipinski definition) is 5. The number of nitrogens with zero attached hydrogens (tertiary/aromatic N) is 1. The number of hydrogen-bond donors (Lipinski definition) is 0. The fourth-order valence-electron chi connectivity index (χ4n) is 2.25. The fraction of sp³-hybridized carbons (Fsp3) is 0.500. The van der Waals surface area contributed by atoms with Crippen LogP contribution in [0.15, 0.2) is 18.2 Å². The Morgan fingerprint density at radius 2 is 1.87 bits per heavy atom. The lowest BCUT2D eigenvalue weighted by Gasteiger charge is -2.39. The van der Waals surface area contributed by atoms with Crippen LogP contribution in [0.3, 0.4) is 0 Å². The number of benzene rings is 1. The molecule has 7 heteroatoms. The third-order valence-electron chi connectivity index (χ3n) is 3.63. The van der Waals surface area contributed by atoms with Crippen LogP contribution < -0.4 is 9.38 Å². The molecule has 0 spiro atoms. The minimum Gasteiger partial charge on any atom is -0.620 e. The van der Waals surface area contributed by atoms with Crippen molar-refractivity contribution in [2.24, 2.45) is 0 Å². The van der Waals surface area contributed by atoms with Gasteiger partial charge in [-0.25, -0.2) is 4.79 Å². The van der Waals surface area contributed by atoms with E-state index in [-0.39, 0.29) is 31.0 Å². The summed E-state index contributed by atoms with van der Waals surface area (Å²) in [6.07, 6.45) is 1.24. The summed E-state index contributed by atoms with van der Waals surface area (Å²) in [6, 6.07) is 4.64. The van der Waals surface area contributed by atoms with Gasteiger partial charge in [0.25, 0.3) is 0 Å². The highest BCUT2D eigenvalue weighted by molar-refractivity contribution is 6.31. The third-order valence-corrected chi connectivity index (χ3v) is 3.86. The predicted molar refractivity (Wildman–Crippen MR) is 89.2 cm³/mol. The van der Waals surface area contributed by atoms with Crippen molar-refractivity contribution in [1.82, 2.24) is 4.65 Å². The Balaban J connectivity index is 2.85. The highest BCUT2D eigenvalue weighted by Crippen LogP contribution is 2.36. The molecule has 0 aromatic heterocycles. The molecule has 6 nitrogen and oxygen atoms in total. The summed E-state index contributed by atoms with van der Waals surface area (Å²) in [5, 5.41) is 13.4. The van der Waals surface area contributed by atoms with E-state index in [0.717, 1.165) is 0 Å². The second-order valence-electron chi connectivity index (χ2n) is 5.05. The number of carbonyl (C=O) groups is 2. The monoisotopic (exact) mass is 343 g/mol. The number of carbonyl (C=O) groups excluding carboxylic acids is 2. The highest BCUT2D eigenvalue weighted by Gasteiger charge is 2.31. The van der Waals surface area contributed by atoms with E-state index >= 15 is 0 Å². The Morgan fingerprint density at radius 3 is 2.43 bits per heavy atom. The van der Waals surface area contributed by atoms with E-state index in [2.05, 4.69) is 4.74 Å². The highest BCUT2D eigenvalue weighted by atomic mass is 35.5. The molecule has 0 bridgehead atoms. The number of halogens is 1. The molecule has 1 rings (SSSR count). The predicted octanol–water partition coefficient (Wildman–Crippen LogP) is 3.43. The van der Waals surface area contributed by atoms with Crippen LogP contribution in [0.4, 0.5) is 5.69 Å². The molecule has 0 aliphatic heterocycles. The Labute approximate surface area is 141 Å². The number of amides is 1. The molecule has 23 heavy (non-hydrogen) atoms. The van der Waals surface area contributed by atoms with Gasteiger partial charge in [-0.2, -0.15) is 0 Å². The zero-order valence-electron chi connectivity index (χ0n) is 13.6. The van der Waals surface area contributed by atoms with Crippen LogP contribution in [0.2, 0.25) is 5.02 Å². The van der Waals surface area contributed by atoms with Crippen LogP contribution in [-0.2, 0) is 14.3 Å². The van der Waals surface area contributed by atoms with E-state index in [1.165, 1.54) is 20.3 Å². The van der Waals surface area contributed by atoms with Crippen molar-refractivity contribution in [2.45, 2.75) is 32.6 Å². The average molecular weight is 344 g/mol. The van der Waals surface area contributed by atoms with Crippen LogP contribution in [0.5, 0.6) is 5.75 Å². The standard InChI is InChI=1S/C16H22ClNO5/c1-4-18(21,13-11-12(17)9-10-14(13)22-2)15(19)7-5-6-8-16(20)23-3/h9-11H,4-8H2,1-3H3. The molecule has 0 fully saturated rings. The van der Waals surface area contributed by atoms with Gasteiger partial charge in [-0.05, 0) is 31.9 Å². The first-order valence-corrected chi connectivity index (χ1v) is 7.80. The molecular weight excluding hydrogens is 322 g/mol. The van der Waals surface area contributed by atoms with Crippen molar-refractivity contribution < 1.29 is 19.1 Å². The number of rotatable bonds is 8. The van der Waals surface area contributed by atoms with Crippen LogP contribution in [0, 0.1) is 5.21 Å². The molecule has 0 N–H and O–H groups in total. The van der Waals surface area contributed by atoms with E-state index in [9.17, 15) is 14.8 Å². The van der Waals surface area contributed by atoms with Crippen LogP contribution in [0.25, 0.3) is 0 Å². The number of hydroxylamine groups is 2. The van der Waals surface area contributed by atoms with Gasteiger partial charge in [-0.15, -0.1) is 0 Å². The molecule has 1 atom stereocenters. The topological polar surface area (TPSA) is 75.7 Å². The van der Waals surface area contributed by atoms with Gasteiger partial charge in [0.1, 0.15) is 0 Å². The number of methoxy groups -OCH3 is 2. The summed E-state index contributed by atoms with van der Waals surface area (Å²) in [7, 11) is 2.75. The number of esters is 1. The Kier molecular flexibility index (Phi) is 7.48. The fourth-order valence-corrected chi connectivity index (χ4v) is 2.42. The van der Waals surface area contributed by atoms with Gasteiger partial charge in [-0.1, -0.05) is 11.6 Å². The van der Waals surface area contributed by atoms with Crippen molar-refractivity contribution >= 4 is 29.2 Å². The molecule has 128 valence electrons. The molecule has 1 amide bonds. The molecule has 1 aromatic carbocycles. The lowest BCUT2D eigenvalue weighted by molar-refractivity contribution is -0.141. The molecule has 0 saturated heterocycles. The van der Waals surface area contributed by atoms with Crippen molar-refractivity contribution in [3.05, 3.63) is 28.4 Å². The van der Waals surface area contributed by atoms with Gasteiger partial charge in [0.2, 0.25) is 0 Å². The summed E-state index contributed by atoms with van der Waals surface area (Å²) >= 11 is 5.95. The van der Waals surface area contributed by atoms with E-state index < -0.39 is 10.6 Å². The van der Waals surface area contributed by atoms with Crippen molar-refractivity contribution in [1.29, 1.82) is 0 Å². The second kappa shape index (κ2) is 8.86. The zero-order valence-corrected chi connectivity index (χ0v) is 14.4. The molecule has 0 radical (unpaired) electrons. The maximum absolute atomic E-state index is 13.0. The van der Waals surface area contributed by atoms with Gasteiger partial charge < -0.3 is 14.7 Å². The molecule has 0 aliphatic carbocycles. The van der Waals surface area contributed by atoms with Crippen LogP contribution in [0.1, 0.15) is 32.6 Å². The first-order valence-electron chi connectivity index (χ1n) is 7.42. The van der Waals surface area contributed by atoms with Gasteiger partial charge >= 0.3 is 11.9 Å². The van der Waals surface area contributed by atoms with Crippen molar-refractivity contribution in [3.8, 4) is 5.75 Å². The molecular formula is C16H22ClNO5. The maximum Gasteiger partial charge on any atom is 0.318 e. The largest absolute Gasteiger partial charge is 0.620 e. The lowest BCUT2D eigenvalue weighted by atomic mass is 10.1. The third kappa shape index (κ3) is 4.92. The first kappa shape index (κ1) is 19.4.